The van der Waals surface area contributed by atoms with Crippen molar-refractivity contribution >= 4 is 78.4 Å². The van der Waals surface area contributed by atoms with Gasteiger partial charge in [0.1, 0.15) is 24.0 Å². The Morgan fingerprint density at radius 1 is 0.418 bits per heavy atom. The number of thiophene rings is 1. The van der Waals surface area contributed by atoms with Gasteiger partial charge in [-0.25, -0.2) is 54.5 Å². The van der Waals surface area contributed by atoms with Gasteiger partial charge in [-0.2, -0.15) is 0 Å². The Hall–Kier alpha value is -12.6. The van der Waals surface area contributed by atoms with Crippen molar-refractivity contribution < 1.29 is 27.4 Å². The molecule has 0 bridgehead atoms. The molecule has 28 heteroatoms. The van der Waals surface area contributed by atoms with Crippen LogP contribution < -0.4 is 14.7 Å². The molecule has 18 aromatic rings. The summed E-state index contributed by atoms with van der Waals surface area (Å²) in [5, 5.41) is 9.70. The number of alkyl halides is 2. The molecule has 0 fully saturated rings. The number of aromatic nitrogens is 19. The first-order valence-corrected chi connectivity index (χ1v) is 51.5. The van der Waals surface area contributed by atoms with Gasteiger partial charge in [-0.1, -0.05) is 172 Å². The number of hydrogen-bond acceptors (Lipinski definition) is 17. The monoisotopic (exact) mass is 1860 g/mol. The lowest BCUT2D eigenvalue weighted by Gasteiger charge is -2.27. The number of rotatable bonds is 18. The lowest BCUT2D eigenvalue weighted by Crippen LogP contribution is -2.40. The van der Waals surface area contributed by atoms with Crippen LogP contribution in [0.4, 0.5) is 8.78 Å². The van der Waals surface area contributed by atoms with Gasteiger partial charge in [-0.15, -0.1) is 36.6 Å². The molecule has 13 heterocycles. The van der Waals surface area contributed by atoms with E-state index >= 15 is 0 Å². The van der Waals surface area contributed by atoms with Crippen molar-refractivity contribution in [2.75, 3.05) is 7.11 Å². The minimum absolute atomic E-state index is 0.0543. The Balaban J connectivity index is 0.000000119. The molecule has 21 rings (SSSR count). The van der Waals surface area contributed by atoms with Crippen molar-refractivity contribution in [2.45, 2.75) is 244 Å². The second kappa shape index (κ2) is 40.7. The maximum atomic E-state index is 13.4. The summed E-state index contributed by atoms with van der Waals surface area (Å²) in [5.74, 6) is 4.06. The molecule has 0 spiro atoms. The highest BCUT2D eigenvalue weighted by molar-refractivity contribution is 7.17. The summed E-state index contributed by atoms with van der Waals surface area (Å²) < 4.78 is 65.3. The van der Waals surface area contributed by atoms with Gasteiger partial charge in [0.15, 0.2) is 29.3 Å². The molecule has 0 radical (unpaired) electrons. The van der Waals surface area contributed by atoms with Crippen molar-refractivity contribution in [3.05, 3.63) is 292 Å². The van der Waals surface area contributed by atoms with Gasteiger partial charge in [0, 0.05) is 68.3 Å². The van der Waals surface area contributed by atoms with Crippen LogP contribution in [-0.4, -0.2) is 113 Å². The van der Waals surface area contributed by atoms with Crippen molar-refractivity contribution in [1.29, 1.82) is 0 Å². The van der Waals surface area contributed by atoms with E-state index in [1.807, 2.05) is 82.5 Å². The van der Waals surface area contributed by atoms with Crippen LogP contribution in [0.2, 0.25) is 19.1 Å². The molecular weight excluding hydrogens is 1730 g/mol. The van der Waals surface area contributed by atoms with Crippen molar-refractivity contribution in [3.63, 3.8) is 0 Å². The molecule has 0 saturated heterocycles. The predicted octanol–water partition coefficient (Wildman–Crippen LogP) is 25.6. The smallest absolute Gasteiger partial charge is 0.441 e. The minimum Gasteiger partial charge on any atom is -0.441 e. The van der Waals surface area contributed by atoms with Crippen molar-refractivity contribution in [1.82, 2.24) is 91.6 Å². The molecular formula is C106H125F2N19O4S2Si. The average molecular weight is 1860 g/mol. The zero-order valence-electron chi connectivity index (χ0n) is 81.7. The van der Waals surface area contributed by atoms with Crippen LogP contribution >= 0.6 is 22.7 Å². The second-order valence-electron chi connectivity index (χ2n) is 37.6. The SMILES string of the molecule is CCc1cn(-c2ccc(C(C)C)c3c2CC3)cn1.CCc1cn(-c2ccc(C(C)C)c3c2ncn3C)cn1.COCc1ncn(-c2ccc(C(C)C)c3ncsc23)n1.Cc1cn(-c2ccc(C(C)C)c3c2CC[Si]3(C)C)cn1.Cc1cn(-c2ccc(C(C)C)c3c2OC(F)(F)O3)cn1.Cc1cn(-c2ccc(C(C)C)c3ccsc23)cn1.Cc1cn(-c2ccc(C(C)C)c3ncoc23)cn1. The fraction of sp³-hybridized carbons (Fsp3) is 0.368. The second-order valence-corrected chi connectivity index (χ2v) is 44.1. The third-order valence-electron chi connectivity index (χ3n) is 25.0. The first-order valence-electron chi connectivity index (χ1n) is 46.5. The summed E-state index contributed by atoms with van der Waals surface area (Å²) in [7, 11) is 2.43. The Bertz CT molecular complexity index is 7010. The fourth-order valence-electron chi connectivity index (χ4n) is 17.9. The number of oxazole rings is 1. The average Bonchev–Trinajstić information content (AvgIpc) is 1.01. The van der Waals surface area contributed by atoms with Gasteiger partial charge in [0.25, 0.3) is 0 Å². The molecule has 3 aliphatic rings. The van der Waals surface area contributed by atoms with Crippen LogP contribution in [0.5, 0.6) is 11.5 Å². The van der Waals surface area contributed by atoms with Gasteiger partial charge in [-0.05, 0) is 217 Å². The number of imidazole rings is 7. The first-order chi connectivity index (χ1) is 64.1. The fourth-order valence-corrected chi connectivity index (χ4v) is 23.1. The van der Waals surface area contributed by atoms with Gasteiger partial charge in [0.2, 0.25) is 0 Å². The zero-order valence-corrected chi connectivity index (χ0v) is 84.3. The van der Waals surface area contributed by atoms with Gasteiger partial charge in [0.05, 0.1) is 141 Å². The summed E-state index contributed by atoms with van der Waals surface area (Å²) >= 11 is 3.43. The summed E-state index contributed by atoms with van der Waals surface area (Å²) in [6, 6.07) is 33.5. The van der Waals surface area contributed by atoms with E-state index in [2.05, 4.69) is 320 Å². The Labute approximate surface area is 793 Å². The van der Waals surface area contributed by atoms with Crippen LogP contribution in [0.3, 0.4) is 0 Å². The number of nitrogens with zero attached hydrogens (tertiary/aromatic N) is 19. The van der Waals surface area contributed by atoms with Gasteiger partial charge < -0.3 is 50.6 Å². The standard InChI is InChI=1S/C17H24N2Si.C16H20N4.C16H20N2.C15H16N2S.C14H14F2N2O2.C14H16N4OS.C14H15N3O/c1-12(2)14-6-7-16(19-10-13(3)18-11-19)15-8-9-20(4,5)17(14)15;1-5-12-8-20(10-17-12)14-7-6-13(11(2)3)16-15(14)18-9-19(16)4;1-4-12-9-18(10-17-12)16-8-7-13(11(2)3)14-5-6-15(14)16;1-10(2)12-4-5-14(15-13(12)6-7-18-15)17-8-11(3)16-9-17;1-8(2)10-4-5-11(18-6-9(3)17-7-18)13-12(10)19-14(15,16)20-13;1-9(2)10-4-5-11(14-13(10)16-8-20-14)18-7-15-12(17-18)6-19-3;1-9(2)11-4-5-12(14-13(11)16-8-18-14)17-6-10(3)15-7-17/h6-7,10-12H,8-9H2,1-5H3;6-11H,5H2,1-4H3;7-11H,4-6H2,1-3H3;4-10H,1-3H3;4-8H,1-3H3;4-5,7-9H,6H2,1-3H3;4-9H,1-3H3. The summed E-state index contributed by atoms with van der Waals surface area (Å²) in [4.78, 5) is 43.5. The van der Waals surface area contributed by atoms with Crippen LogP contribution in [0, 0.1) is 27.7 Å². The minimum atomic E-state index is -3.63. The van der Waals surface area contributed by atoms with Crippen LogP contribution in [0.25, 0.3) is 82.2 Å². The summed E-state index contributed by atoms with van der Waals surface area (Å²) in [6.07, 6.45) is 30.3. The number of methoxy groups -OCH3 is 1. The van der Waals surface area contributed by atoms with Crippen LogP contribution in [-0.2, 0) is 50.5 Å². The number of benzene rings is 7. The molecule has 0 atom stereocenters. The molecule has 1 aliphatic carbocycles. The maximum absolute atomic E-state index is 13.4. The number of ether oxygens (including phenoxy) is 3. The van der Waals surface area contributed by atoms with E-state index < -0.39 is 14.4 Å². The van der Waals surface area contributed by atoms with Crippen LogP contribution in [0.1, 0.15) is 248 Å². The molecule has 2 aliphatic heterocycles. The number of aryl methyl sites for hydroxylation is 7. The molecule has 0 saturated carbocycles. The molecule has 23 nitrogen and oxygen atoms in total. The van der Waals surface area contributed by atoms with Crippen molar-refractivity contribution in [2.24, 2.45) is 7.05 Å². The highest BCUT2D eigenvalue weighted by Crippen LogP contribution is 2.50. The summed E-state index contributed by atoms with van der Waals surface area (Å²) in [5.41, 5.74) is 34.3. The highest BCUT2D eigenvalue weighted by atomic mass is 32.1. The largest absolute Gasteiger partial charge is 0.586 e. The van der Waals surface area contributed by atoms with Crippen molar-refractivity contribution in [3.8, 4) is 51.3 Å². The molecule has 134 heavy (non-hydrogen) atoms. The molecule has 7 aromatic carbocycles. The van der Waals surface area contributed by atoms with E-state index in [1.165, 1.54) is 97.7 Å². The van der Waals surface area contributed by atoms with E-state index in [4.69, 9.17) is 9.15 Å². The lowest BCUT2D eigenvalue weighted by atomic mass is 9.80. The topological polar surface area (TPSA) is 222 Å². The van der Waals surface area contributed by atoms with Crippen LogP contribution in [0.15, 0.2) is 200 Å². The Morgan fingerprint density at radius 3 is 1.45 bits per heavy atom. The normalized spacial score (nSPS) is 13.3. The first kappa shape index (κ1) is 96.0. The van der Waals surface area contributed by atoms with Gasteiger partial charge in [-0.3, -0.25) is 0 Å². The lowest BCUT2D eigenvalue weighted by molar-refractivity contribution is -0.286. The predicted molar refractivity (Wildman–Crippen MR) is 539 cm³/mol. The van der Waals surface area contributed by atoms with E-state index in [0.717, 1.165) is 90.9 Å². The molecule has 0 N–H and O–H groups in total. The van der Waals surface area contributed by atoms with E-state index in [-0.39, 0.29) is 17.4 Å². The number of thiazole rings is 1. The number of hydrogen-bond donors (Lipinski definition) is 0. The zero-order chi connectivity index (χ0) is 95.5. The molecule has 698 valence electrons. The van der Waals surface area contributed by atoms with Gasteiger partial charge >= 0.3 is 6.29 Å². The number of fused-ring (bicyclic) bond motifs is 7. The maximum Gasteiger partial charge on any atom is 0.586 e. The molecule has 0 unspecified atom stereocenters. The third kappa shape index (κ3) is 20.4. The molecule has 11 aromatic heterocycles. The quantitative estimate of drug-likeness (QED) is 0.0729. The third-order valence-corrected chi connectivity index (χ3v) is 30.3. The highest BCUT2D eigenvalue weighted by Gasteiger charge is 2.47. The Kier molecular flexibility index (Phi) is 29.1. The Morgan fingerprint density at radius 2 is 0.888 bits per heavy atom. The number of halogens is 2. The van der Waals surface area contributed by atoms with E-state index in [9.17, 15) is 8.78 Å². The van der Waals surface area contributed by atoms with E-state index in [0.29, 0.717) is 59.2 Å². The van der Waals surface area contributed by atoms with E-state index in [1.54, 1.807) is 98.2 Å². The molecule has 0 amide bonds. The summed E-state index contributed by atoms with van der Waals surface area (Å²) in [6.45, 7) is 48.2.